The van der Waals surface area contributed by atoms with Crippen molar-refractivity contribution in [2.45, 2.75) is 26.3 Å². The number of hydrogen-bond donors (Lipinski definition) is 1. The number of carbonyl (C=O) groups excluding carboxylic acids is 3. The zero-order valence-corrected chi connectivity index (χ0v) is 17.4. The molecule has 0 bridgehead atoms. The predicted octanol–water partition coefficient (Wildman–Crippen LogP) is 3.10. The fourth-order valence-electron chi connectivity index (χ4n) is 3.54. The number of carbonyl (C=O) groups is 3. The molecular weight excluding hydrogens is 384 g/mol. The Morgan fingerprint density at radius 2 is 1.93 bits per heavy atom. The van der Waals surface area contributed by atoms with Crippen LogP contribution in [0.2, 0.25) is 0 Å². The zero-order chi connectivity index (χ0) is 21.7. The van der Waals surface area contributed by atoms with Crippen LogP contribution in [0, 0.1) is 12.8 Å². The molecule has 1 aliphatic rings. The van der Waals surface area contributed by atoms with E-state index in [0.29, 0.717) is 11.4 Å². The molecule has 158 valence electrons. The molecule has 30 heavy (non-hydrogen) atoms. The third-order valence-corrected chi connectivity index (χ3v) is 5.22. The number of nitrogens with one attached hydrogen (secondary N) is 1. The lowest BCUT2D eigenvalue weighted by molar-refractivity contribution is -0.151. The normalized spacial score (nSPS) is 16.8. The summed E-state index contributed by atoms with van der Waals surface area (Å²) in [5.41, 5.74) is 2.48. The number of anilines is 1. The maximum atomic E-state index is 12.4. The van der Waals surface area contributed by atoms with E-state index in [2.05, 4.69) is 5.32 Å². The smallest absolute Gasteiger partial charge is 0.311 e. The van der Waals surface area contributed by atoms with Gasteiger partial charge >= 0.3 is 5.97 Å². The molecule has 2 aromatic rings. The van der Waals surface area contributed by atoms with Crippen LogP contribution >= 0.6 is 0 Å². The van der Waals surface area contributed by atoms with Gasteiger partial charge in [-0.05, 0) is 37.1 Å². The average molecular weight is 410 g/mol. The highest BCUT2D eigenvalue weighted by Gasteiger charge is 2.38. The number of esters is 1. The number of benzene rings is 2. The van der Waals surface area contributed by atoms with E-state index in [1.807, 2.05) is 50.2 Å². The highest BCUT2D eigenvalue weighted by molar-refractivity contribution is 5.95. The summed E-state index contributed by atoms with van der Waals surface area (Å²) >= 11 is 0. The monoisotopic (exact) mass is 410 g/mol. The molecule has 2 atom stereocenters. The fourth-order valence-corrected chi connectivity index (χ4v) is 3.54. The molecule has 0 radical (unpaired) electrons. The Labute approximate surface area is 176 Å². The lowest BCUT2D eigenvalue weighted by Crippen LogP contribution is -2.30. The molecule has 1 saturated heterocycles. The van der Waals surface area contributed by atoms with Gasteiger partial charge in [0.05, 0.1) is 24.8 Å². The summed E-state index contributed by atoms with van der Waals surface area (Å²) in [5, 5.41) is 2.69. The van der Waals surface area contributed by atoms with Crippen molar-refractivity contribution in [1.82, 2.24) is 4.90 Å². The van der Waals surface area contributed by atoms with Crippen molar-refractivity contribution < 1.29 is 23.9 Å². The Hall–Kier alpha value is -3.35. The minimum atomic E-state index is -0.579. The summed E-state index contributed by atoms with van der Waals surface area (Å²) in [6.45, 7) is 3.69. The lowest BCUT2D eigenvalue weighted by atomic mass is 10.1. The van der Waals surface area contributed by atoms with Crippen LogP contribution in [-0.4, -0.2) is 42.9 Å². The van der Waals surface area contributed by atoms with Gasteiger partial charge in [0.25, 0.3) is 5.91 Å². The lowest BCUT2D eigenvalue weighted by Gasteiger charge is -2.25. The molecule has 0 saturated carbocycles. The van der Waals surface area contributed by atoms with Crippen molar-refractivity contribution in [3.05, 3.63) is 59.7 Å². The van der Waals surface area contributed by atoms with Crippen molar-refractivity contribution >= 4 is 23.5 Å². The van der Waals surface area contributed by atoms with Crippen LogP contribution in [-0.2, 0) is 19.1 Å². The van der Waals surface area contributed by atoms with E-state index >= 15 is 0 Å². The Morgan fingerprint density at radius 1 is 1.20 bits per heavy atom. The molecule has 7 heteroatoms. The molecule has 2 aromatic carbocycles. The molecule has 0 unspecified atom stereocenters. The highest BCUT2D eigenvalue weighted by Crippen LogP contribution is 2.29. The van der Waals surface area contributed by atoms with Crippen LogP contribution in [0.15, 0.2) is 48.5 Å². The van der Waals surface area contributed by atoms with Gasteiger partial charge in [-0.15, -0.1) is 0 Å². The Morgan fingerprint density at radius 3 is 2.63 bits per heavy atom. The number of aryl methyl sites for hydroxylation is 1. The molecule has 1 heterocycles. The molecular formula is C23H26N2O5. The van der Waals surface area contributed by atoms with Gasteiger partial charge in [-0.2, -0.15) is 0 Å². The maximum absolute atomic E-state index is 12.4. The van der Waals surface area contributed by atoms with E-state index in [-0.39, 0.29) is 24.9 Å². The minimum Gasteiger partial charge on any atom is -0.495 e. The van der Waals surface area contributed by atoms with Gasteiger partial charge in [-0.25, -0.2) is 0 Å². The number of rotatable bonds is 7. The van der Waals surface area contributed by atoms with Crippen molar-refractivity contribution in [2.75, 3.05) is 25.6 Å². The molecule has 1 fully saturated rings. The second-order valence-electron chi connectivity index (χ2n) is 7.39. The van der Waals surface area contributed by atoms with Crippen molar-refractivity contribution in [3.63, 3.8) is 0 Å². The van der Waals surface area contributed by atoms with Gasteiger partial charge in [0.15, 0.2) is 6.61 Å². The van der Waals surface area contributed by atoms with Gasteiger partial charge in [-0.3, -0.25) is 14.4 Å². The topological polar surface area (TPSA) is 84.9 Å². The summed E-state index contributed by atoms with van der Waals surface area (Å²) in [4.78, 5) is 38.7. The van der Waals surface area contributed by atoms with Crippen LogP contribution in [0.1, 0.15) is 30.5 Å². The van der Waals surface area contributed by atoms with Gasteiger partial charge in [0.1, 0.15) is 5.75 Å². The number of nitrogens with zero attached hydrogens (tertiary/aromatic N) is 1. The number of ether oxygens (including phenoxy) is 2. The van der Waals surface area contributed by atoms with Crippen LogP contribution in [0.3, 0.4) is 0 Å². The third kappa shape index (κ3) is 4.97. The van der Waals surface area contributed by atoms with Gasteiger partial charge in [-0.1, -0.05) is 36.4 Å². The van der Waals surface area contributed by atoms with Crippen molar-refractivity contribution in [2.24, 2.45) is 5.92 Å². The summed E-state index contributed by atoms with van der Waals surface area (Å²) < 4.78 is 10.4. The number of methoxy groups -OCH3 is 1. The Balaban J connectivity index is 1.53. The maximum Gasteiger partial charge on any atom is 0.311 e. The average Bonchev–Trinajstić information content (AvgIpc) is 3.14. The van der Waals surface area contributed by atoms with E-state index in [1.165, 1.54) is 7.11 Å². The predicted molar refractivity (Wildman–Crippen MR) is 112 cm³/mol. The molecule has 2 amide bonds. The third-order valence-electron chi connectivity index (χ3n) is 5.22. The first-order chi connectivity index (χ1) is 14.4. The zero-order valence-electron chi connectivity index (χ0n) is 17.4. The van der Waals surface area contributed by atoms with Crippen LogP contribution in [0.5, 0.6) is 5.75 Å². The van der Waals surface area contributed by atoms with Gasteiger partial charge in [0.2, 0.25) is 5.91 Å². The second kappa shape index (κ2) is 9.43. The van der Waals surface area contributed by atoms with Crippen LogP contribution < -0.4 is 10.1 Å². The Bertz CT molecular complexity index is 928. The minimum absolute atomic E-state index is 0.0866. The van der Waals surface area contributed by atoms with E-state index in [1.54, 1.807) is 17.0 Å². The first kappa shape index (κ1) is 21.4. The molecule has 7 nitrogen and oxygen atoms in total. The number of hydrogen-bond acceptors (Lipinski definition) is 5. The van der Waals surface area contributed by atoms with E-state index in [4.69, 9.17) is 9.47 Å². The van der Waals surface area contributed by atoms with E-state index < -0.39 is 24.4 Å². The standard InChI is InChI=1S/C23H26N2O5/c1-15-9-10-20(29-3)19(11-15)24-21(26)14-30-23(28)18-12-22(27)25(13-18)16(2)17-7-5-4-6-8-17/h4-11,16,18H,12-14H2,1-3H3,(H,24,26)/t16-,18-/m0/s1. The van der Waals surface area contributed by atoms with Crippen LogP contribution in [0.25, 0.3) is 0 Å². The summed E-state index contributed by atoms with van der Waals surface area (Å²) in [7, 11) is 1.51. The van der Waals surface area contributed by atoms with Crippen molar-refractivity contribution in [1.29, 1.82) is 0 Å². The highest BCUT2D eigenvalue weighted by atomic mass is 16.5. The first-order valence-electron chi connectivity index (χ1n) is 9.84. The SMILES string of the molecule is COc1ccc(C)cc1NC(=O)COC(=O)[C@H]1CC(=O)N([C@@H](C)c2ccccc2)C1. The van der Waals surface area contributed by atoms with Crippen molar-refractivity contribution in [3.8, 4) is 5.75 Å². The molecule has 0 spiro atoms. The van der Waals surface area contributed by atoms with Gasteiger partial charge < -0.3 is 19.7 Å². The quantitative estimate of drug-likeness (QED) is 0.709. The molecule has 3 rings (SSSR count). The number of amides is 2. The van der Waals surface area contributed by atoms with E-state index in [0.717, 1.165) is 11.1 Å². The molecule has 1 aliphatic heterocycles. The summed E-state index contributed by atoms with van der Waals surface area (Å²) in [6, 6.07) is 14.9. The second-order valence-corrected chi connectivity index (χ2v) is 7.39. The van der Waals surface area contributed by atoms with Gasteiger partial charge in [0, 0.05) is 13.0 Å². The summed E-state index contributed by atoms with van der Waals surface area (Å²) in [6.07, 6.45) is 0.0866. The summed E-state index contributed by atoms with van der Waals surface area (Å²) in [5.74, 6) is -1.16. The van der Waals surface area contributed by atoms with E-state index in [9.17, 15) is 14.4 Å². The largest absolute Gasteiger partial charge is 0.495 e. The number of likely N-dealkylation sites (tertiary alicyclic amines) is 1. The molecule has 1 N–H and O–H groups in total. The fraction of sp³-hybridized carbons (Fsp3) is 0.348. The molecule has 0 aromatic heterocycles. The molecule has 0 aliphatic carbocycles. The first-order valence-corrected chi connectivity index (χ1v) is 9.84. The van der Waals surface area contributed by atoms with Crippen LogP contribution in [0.4, 0.5) is 5.69 Å². The Kier molecular flexibility index (Phi) is 6.72.